The molecular formula is C22H29N9O5. The summed E-state index contributed by atoms with van der Waals surface area (Å²) in [5.41, 5.74) is 11.5. The molecule has 0 radical (unpaired) electrons. The molecule has 0 fully saturated rings. The van der Waals surface area contributed by atoms with Gasteiger partial charge >= 0.3 is 5.97 Å². The van der Waals surface area contributed by atoms with E-state index in [-0.39, 0.29) is 61.1 Å². The number of carbonyl (C=O) groups excluding carboxylic acids is 2. The number of nitrogens with zero attached hydrogens (tertiary/aromatic N) is 3. The van der Waals surface area contributed by atoms with Gasteiger partial charge in [0.2, 0.25) is 11.9 Å². The molecule has 2 aromatic rings. The van der Waals surface area contributed by atoms with Crippen LogP contribution in [0.4, 0.5) is 5.95 Å². The molecule has 14 nitrogen and oxygen atoms in total. The molecule has 0 saturated carbocycles. The first-order valence-electron chi connectivity index (χ1n) is 10.9. The zero-order valence-electron chi connectivity index (χ0n) is 19.7. The van der Waals surface area contributed by atoms with E-state index in [1.165, 1.54) is 24.4 Å². The Kier molecular flexibility index (Phi) is 10.2. The lowest BCUT2D eigenvalue weighted by atomic mass is 10.1. The topological polar surface area (TPSA) is 231 Å². The van der Waals surface area contributed by atoms with Gasteiger partial charge < -0.3 is 32.5 Å². The second kappa shape index (κ2) is 13.3. The van der Waals surface area contributed by atoms with Crippen molar-refractivity contribution in [2.75, 3.05) is 18.8 Å². The van der Waals surface area contributed by atoms with Crippen LogP contribution >= 0.6 is 0 Å². The summed E-state index contributed by atoms with van der Waals surface area (Å²) in [6.07, 6.45) is 5.77. The zero-order valence-corrected chi connectivity index (χ0v) is 19.7. The van der Waals surface area contributed by atoms with Crippen LogP contribution in [0.3, 0.4) is 0 Å². The second-order valence-electron chi connectivity index (χ2n) is 7.48. The molecule has 2 amide bonds. The Hall–Kier alpha value is -4.59. The Balaban J connectivity index is 1.94. The first kappa shape index (κ1) is 27.7. The molecule has 1 unspecified atom stereocenters. The first-order valence-corrected chi connectivity index (χ1v) is 10.9. The third kappa shape index (κ3) is 8.32. The highest BCUT2D eigenvalue weighted by Gasteiger charge is 2.21. The lowest BCUT2D eigenvalue weighted by molar-refractivity contribution is -0.141. The zero-order chi connectivity index (χ0) is 26.7. The quantitative estimate of drug-likeness (QED) is 0.128. The monoisotopic (exact) mass is 499 g/mol. The molecule has 0 aliphatic rings. The number of allylic oxidation sites excluding steroid dienone is 2. The van der Waals surface area contributed by atoms with Crippen molar-refractivity contribution in [2.45, 2.75) is 32.4 Å². The van der Waals surface area contributed by atoms with E-state index in [0.717, 1.165) is 0 Å². The molecule has 9 N–H and O–H groups in total. The van der Waals surface area contributed by atoms with Gasteiger partial charge in [0.1, 0.15) is 6.04 Å². The Morgan fingerprint density at radius 1 is 1.25 bits per heavy atom. The summed E-state index contributed by atoms with van der Waals surface area (Å²) in [5.74, 6) is -2.29. The molecule has 1 atom stereocenters. The molecule has 0 aliphatic carbocycles. The van der Waals surface area contributed by atoms with Gasteiger partial charge in [-0.3, -0.25) is 19.4 Å². The number of aromatic nitrogens is 4. The number of H-pyrrole nitrogens is 1. The maximum atomic E-state index is 12.6. The second-order valence-corrected chi connectivity index (χ2v) is 7.48. The van der Waals surface area contributed by atoms with Crippen molar-refractivity contribution in [3.63, 3.8) is 0 Å². The highest BCUT2D eigenvalue weighted by atomic mass is 16.4. The maximum Gasteiger partial charge on any atom is 0.326 e. The predicted molar refractivity (Wildman–Crippen MR) is 132 cm³/mol. The number of rotatable bonds is 13. The number of carboxylic acids is 1. The Morgan fingerprint density at radius 3 is 2.67 bits per heavy atom. The number of carboxylic acid groups (broad SMARTS) is 1. The minimum absolute atomic E-state index is 0.0439. The molecule has 14 heteroatoms. The first-order chi connectivity index (χ1) is 17.1. The molecule has 0 spiro atoms. The molecule has 2 rings (SSSR count). The number of hydrogen-bond acceptors (Lipinski definition) is 10. The van der Waals surface area contributed by atoms with E-state index in [4.69, 9.17) is 11.5 Å². The van der Waals surface area contributed by atoms with Crippen molar-refractivity contribution < 1.29 is 19.5 Å². The molecule has 2 aromatic heterocycles. The van der Waals surface area contributed by atoms with E-state index in [2.05, 4.69) is 42.5 Å². The smallest absolute Gasteiger partial charge is 0.326 e. The Bertz CT molecular complexity index is 1250. The maximum absolute atomic E-state index is 12.6. The molecule has 0 aliphatic heterocycles. The fourth-order valence-electron chi connectivity index (χ4n) is 2.89. The number of nitrogens with one attached hydrogen (secondary N) is 4. The van der Waals surface area contributed by atoms with Crippen LogP contribution in [0.1, 0.15) is 25.5 Å². The molecule has 0 bridgehead atoms. The van der Waals surface area contributed by atoms with Crippen LogP contribution in [0.2, 0.25) is 0 Å². The normalized spacial score (nSPS) is 12.3. The average Bonchev–Trinajstić information content (AvgIpc) is 2.84. The van der Waals surface area contributed by atoms with E-state index >= 15 is 0 Å². The summed E-state index contributed by atoms with van der Waals surface area (Å²) in [6.45, 7) is 6.19. The SMILES string of the molecule is C=C(/C=C\C(=C/C)C(=O)NC(CCC(=O)NCCN)C(=O)O)NCc1cnc2nc(N)[nH]c(=O)c2n1. The molecule has 0 aromatic carbocycles. The summed E-state index contributed by atoms with van der Waals surface area (Å²) < 4.78 is 0. The van der Waals surface area contributed by atoms with Gasteiger partial charge in [-0.25, -0.2) is 14.8 Å². The van der Waals surface area contributed by atoms with Crippen LogP contribution in [-0.2, 0) is 20.9 Å². The van der Waals surface area contributed by atoms with Crippen molar-refractivity contribution in [3.05, 3.63) is 58.3 Å². The van der Waals surface area contributed by atoms with Crippen molar-refractivity contribution in [3.8, 4) is 0 Å². The molecular weight excluding hydrogens is 470 g/mol. The number of nitrogen functional groups attached to an aromatic ring is 1. The van der Waals surface area contributed by atoms with Crippen LogP contribution < -0.4 is 33.0 Å². The van der Waals surface area contributed by atoms with E-state index < -0.39 is 23.5 Å². The van der Waals surface area contributed by atoms with Crippen LogP contribution in [0.25, 0.3) is 11.2 Å². The summed E-state index contributed by atoms with van der Waals surface area (Å²) in [6, 6.07) is -1.25. The third-order valence-electron chi connectivity index (χ3n) is 4.75. The highest BCUT2D eigenvalue weighted by Crippen LogP contribution is 2.06. The van der Waals surface area contributed by atoms with Crippen molar-refractivity contribution >= 4 is 34.9 Å². The standard InChI is InChI=1S/C22H29N9O5/c1-3-13(19(33)29-15(21(35)36)6-7-16(32)25-9-8-23)5-4-12(2)26-10-14-11-27-18-17(28-14)20(34)31-22(24)30-18/h3-5,11,15,26H,2,6-10,23H2,1H3,(H,25,32)(H,29,33)(H,35,36)(H3,24,27,30,31,34)/b5-4-,13-3+. The lowest BCUT2D eigenvalue weighted by Crippen LogP contribution is -2.42. The number of aliphatic carboxylic acids is 1. The van der Waals surface area contributed by atoms with Gasteiger partial charge in [-0.15, -0.1) is 0 Å². The Labute approximate surface area is 206 Å². The van der Waals surface area contributed by atoms with Gasteiger partial charge in [-0.2, -0.15) is 4.98 Å². The van der Waals surface area contributed by atoms with Gasteiger partial charge in [0, 0.05) is 30.8 Å². The summed E-state index contributed by atoms with van der Waals surface area (Å²) >= 11 is 0. The number of carbonyl (C=O) groups is 3. The van der Waals surface area contributed by atoms with E-state index in [1.54, 1.807) is 6.92 Å². The van der Waals surface area contributed by atoms with E-state index in [9.17, 15) is 24.3 Å². The summed E-state index contributed by atoms with van der Waals surface area (Å²) in [7, 11) is 0. The van der Waals surface area contributed by atoms with Gasteiger partial charge in [-0.1, -0.05) is 12.7 Å². The van der Waals surface area contributed by atoms with Gasteiger partial charge in [0.15, 0.2) is 11.2 Å². The Morgan fingerprint density at radius 2 is 2.00 bits per heavy atom. The van der Waals surface area contributed by atoms with Crippen LogP contribution in [0, 0.1) is 0 Å². The van der Waals surface area contributed by atoms with Crippen molar-refractivity contribution in [2.24, 2.45) is 5.73 Å². The summed E-state index contributed by atoms with van der Waals surface area (Å²) in [4.78, 5) is 62.3. The largest absolute Gasteiger partial charge is 0.480 e. The number of aromatic amines is 1. The average molecular weight is 500 g/mol. The molecule has 2 heterocycles. The van der Waals surface area contributed by atoms with Crippen LogP contribution in [0.15, 0.2) is 47.1 Å². The van der Waals surface area contributed by atoms with Gasteiger partial charge in [0.05, 0.1) is 18.4 Å². The van der Waals surface area contributed by atoms with Gasteiger partial charge in [0.25, 0.3) is 11.5 Å². The van der Waals surface area contributed by atoms with Crippen molar-refractivity contribution in [1.82, 2.24) is 35.9 Å². The molecule has 36 heavy (non-hydrogen) atoms. The third-order valence-corrected chi connectivity index (χ3v) is 4.75. The summed E-state index contributed by atoms with van der Waals surface area (Å²) in [5, 5.41) is 17.3. The predicted octanol–water partition coefficient (Wildman–Crippen LogP) is -1.17. The minimum Gasteiger partial charge on any atom is -0.480 e. The number of hydrogen-bond donors (Lipinski definition) is 7. The van der Waals surface area contributed by atoms with Crippen LogP contribution in [0.5, 0.6) is 0 Å². The van der Waals surface area contributed by atoms with Gasteiger partial charge in [-0.05, 0) is 25.5 Å². The number of anilines is 1. The van der Waals surface area contributed by atoms with Crippen molar-refractivity contribution in [1.29, 1.82) is 0 Å². The number of amides is 2. The lowest BCUT2D eigenvalue weighted by Gasteiger charge is -2.15. The fraction of sp³-hybridized carbons (Fsp3) is 0.318. The van der Waals surface area contributed by atoms with E-state index in [1.807, 2.05) is 0 Å². The minimum atomic E-state index is -1.26. The van der Waals surface area contributed by atoms with Crippen LogP contribution in [-0.4, -0.2) is 62.0 Å². The number of fused-ring (bicyclic) bond motifs is 1. The van der Waals surface area contributed by atoms with E-state index in [0.29, 0.717) is 11.4 Å². The number of nitrogens with two attached hydrogens (primary N) is 2. The fourth-order valence-corrected chi connectivity index (χ4v) is 2.89. The molecule has 0 saturated heterocycles. The molecule has 192 valence electrons. The highest BCUT2D eigenvalue weighted by molar-refractivity contribution is 5.98.